The lowest BCUT2D eigenvalue weighted by Gasteiger charge is -2.08. The van der Waals surface area contributed by atoms with Crippen LogP contribution in [0.25, 0.3) is 0 Å². The normalized spacial score (nSPS) is 12.7. The van der Waals surface area contributed by atoms with Crippen molar-refractivity contribution in [3.05, 3.63) is 29.3 Å². The van der Waals surface area contributed by atoms with Gasteiger partial charge in [0.1, 0.15) is 0 Å². The lowest BCUT2D eigenvalue weighted by molar-refractivity contribution is 0.0696. The molecule has 0 aromatic heterocycles. The zero-order chi connectivity index (χ0) is 13.7. The molecule has 1 atom stereocenters. The summed E-state index contributed by atoms with van der Waals surface area (Å²) in [5, 5.41) is 9.00. The van der Waals surface area contributed by atoms with Crippen LogP contribution in [-0.2, 0) is 15.5 Å². The summed E-state index contributed by atoms with van der Waals surface area (Å²) < 4.78 is 17.3. The van der Waals surface area contributed by atoms with E-state index < -0.39 is 16.8 Å². The van der Waals surface area contributed by atoms with E-state index in [0.29, 0.717) is 22.8 Å². The molecule has 0 radical (unpaired) electrons. The second-order valence-electron chi connectivity index (χ2n) is 4.25. The zero-order valence-electron chi connectivity index (χ0n) is 10.8. The Morgan fingerprint density at radius 1 is 1.44 bits per heavy atom. The number of hydrogen-bond donors (Lipinski definition) is 1. The van der Waals surface area contributed by atoms with Crippen molar-refractivity contribution in [2.24, 2.45) is 0 Å². The standard InChI is InChI=1S/C13H18O4S/c1-9(2)17-6-7-18(16)11-5-4-10(3)12(8-11)13(14)15/h4-5,8-9H,6-7H2,1-3H3,(H,14,15). The third kappa shape index (κ3) is 4.23. The summed E-state index contributed by atoms with van der Waals surface area (Å²) in [6, 6.07) is 4.86. The maximum Gasteiger partial charge on any atom is 0.335 e. The summed E-state index contributed by atoms with van der Waals surface area (Å²) in [5.41, 5.74) is 0.868. The van der Waals surface area contributed by atoms with Crippen molar-refractivity contribution in [3.63, 3.8) is 0 Å². The van der Waals surface area contributed by atoms with Gasteiger partial charge in [-0.3, -0.25) is 4.21 Å². The lowest BCUT2D eigenvalue weighted by Crippen LogP contribution is -2.11. The Morgan fingerprint density at radius 3 is 2.67 bits per heavy atom. The minimum Gasteiger partial charge on any atom is -0.478 e. The van der Waals surface area contributed by atoms with Gasteiger partial charge in [-0.25, -0.2) is 4.79 Å². The van der Waals surface area contributed by atoms with E-state index in [0.717, 1.165) is 0 Å². The van der Waals surface area contributed by atoms with Crippen LogP contribution in [0.4, 0.5) is 0 Å². The van der Waals surface area contributed by atoms with Gasteiger partial charge in [0, 0.05) is 4.90 Å². The number of ether oxygens (including phenoxy) is 1. The Balaban J connectivity index is 2.74. The van der Waals surface area contributed by atoms with Crippen LogP contribution in [0.5, 0.6) is 0 Å². The number of rotatable bonds is 6. The van der Waals surface area contributed by atoms with Crippen molar-refractivity contribution in [1.82, 2.24) is 0 Å². The van der Waals surface area contributed by atoms with Crippen LogP contribution < -0.4 is 0 Å². The maximum atomic E-state index is 12.0. The third-order valence-electron chi connectivity index (χ3n) is 2.42. The largest absolute Gasteiger partial charge is 0.478 e. The number of aryl methyl sites for hydroxylation is 1. The number of carbonyl (C=O) groups is 1. The van der Waals surface area contributed by atoms with Gasteiger partial charge in [-0.15, -0.1) is 0 Å². The Labute approximate surface area is 109 Å². The van der Waals surface area contributed by atoms with Crippen molar-refractivity contribution in [2.45, 2.75) is 31.8 Å². The molecule has 1 rings (SSSR count). The van der Waals surface area contributed by atoms with Crippen LogP contribution in [0.3, 0.4) is 0 Å². The van der Waals surface area contributed by atoms with Crippen LogP contribution in [-0.4, -0.2) is 33.7 Å². The summed E-state index contributed by atoms with van der Waals surface area (Å²) in [6.45, 7) is 5.95. The number of aromatic carboxylic acids is 1. The first kappa shape index (κ1) is 14.9. The van der Waals surface area contributed by atoms with Gasteiger partial charge in [-0.2, -0.15) is 0 Å². The van der Waals surface area contributed by atoms with E-state index in [2.05, 4.69) is 0 Å². The van der Waals surface area contributed by atoms with Crippen molar-refractivity contribution in [1.29, 1.82) is 0 Å². The first-order valence-electron chi connectivity index (χ1n) is 5.75. The molecule has 0 aliphatic rings. The molecule has 0 saturated carbocycles. The van der Waals surface area contributed by atoms with Gasteiger partial charge in [0.15, 0.2) is 0 Å². The molecule has 100 valence electrons. The molecular formula is C13H18O4S. The first-order valence-corrected chi connectivity index (χ1v) is 7.07. The molecule has 0 fully saturated rings. The van der Waals surface area contributed by atoms with Gasteiger partial charge < -0.3 is 9.84 Å². The van der Waals surface area contributed by atoms with Gasteiger partial charge in [0.25, 0.3) is 0 Å². The molecule has 4 nitrogen and oxygen atoms in total. The summed E-state index contributed by atoms with van der Waals surface area (Å²) in [6.07, 6.45) is 0.106. The molecular weight excluding hydrogens is 252 g/mol. The molecule has 1 N–H and O–H groups in total. The van der Waals surface area contributed by atoms with E-state index in [1.165, 1.54) is 6.07 Å². The highest BCUT2D eigenvalue weighted by Gasteiger charge is 2.11. The highest BCUT2D eigenvalue weighted by molar-refractivity contribution is 7.85. The van der Waals surface area contributed by atoms with Gasteiger partial charge in [-0.1, -0.05) is 6.07 Å². The maximum absolute atomic E-state index is 12.0. The van der Waals surface area contributed by atoms with E-state index in [1.54, 1.807) is 19.1 Å². The Bertz CT molecular complexity index is 454. The second kappa shape index (κ2) is 6.66. The van der Waals surface area contributed by atoms with Crippen LogP contribution in [0.2, 0.25) is 0 Å². The summed E-state index contributed by atoms with van der Waals surface area (Å²) in [5.74, 6) is -0.620. The topological polar surface area (TPSA) is 63.6 Å². The second-order valence-corrected chi connectivity index (χ2v) is 5.82. The first-order chi connectivity index (χ1) is 8.41. The summed E-state index contributed by atoms with van der Waals surface area (Å²) in [7, 11) is -1.22. The lowest BCUT2D eigenvalue weighted by atomic mass is 10.1. The highest BCUT2D eigenvalue weighted by Crippen LogP contribution is 2.14. The van der Waals surface area contributed by atoms with Gasteiger partial charge in [-0.05, 0) is 38.5 Å². The molecule has 0 saturated heterocycles. The van der Waals surface area contributed by atoms with Crippen LogP contribution >= 0.6 is 0 Å². The average molecular weight is 270 g/mol. The Kier molecular flexibility index (Phi) is 5.50. The quantitative estimate of drug-likeness (QED) is 0.861. The molecule has 0 spiro atoms. The van der Waals surface area contributed by atoms with E-state index >= 15 is 0 Å². The highest BCUT2D eigenvalue weighted by atomic mass is 32.2. The van der Waals surface area contributed by atoms with Crippen LogP contribution in [0.1, 0.15) is 29.8 Å². The van der Waals surface area contributed by atoms with E-state index in [4.69, 9.17) is 9.84 Å². The van der Waals surface area contributed by atoms with Gasteiger partial charge in [0.05, 0.1) is 34.8 Å². The molecule has 0 heterocycles. The molecule has 1 aromatic rings. The monoisotopic (exact) mass is 270 g/mol. The SMILES string of the molecule is Cc1ccc(S(=O)CCOC(C)C)cc1C(=O)O. The summed E-state index contributed by atoms with van der Waals surface area (Å²) >= 11 is 0. The minimum atomic E-state index is -1.22. The number of hydrogen-bond acceptors (Lipinski definition) is 3. The number of carboxylic acid groups (broad SMARTS) is 1. The smallest absolute Gasteiger partial charge is 0.335 e. The molecule has 18 heavy (non-hydrogen) atoms. The molecule has 1 unspecified atom stereocenters. The van der Waals surface area contributed by atoms with Crippen molar-refractivity contribution in [2.75, 3.05) is 12.4 Å². The number of carboxylic acids is 1. The van der Waals surface area contributed by atoms with Crippen molar-refractivity contribution < 1.29 is 18.8 Å². The van der Waals surface area contributed by atoms with Crippen LogP contribution in [0.15, 0.2) is 23.1 Å². The van der Waals surface area contributed by atoms with Crippen molar-refractivity contribution in [3.8, 4) is 0 Å². The molecule has 0 aliphatic heterocycles. The van der Waals surface area contributed by atoms with E-state index in [1.807, 2.05) is 13.8 Å². The minimum absolute atomic E-state index is 0.106. The predicted molar refractivity (Wildman–Crippen MR) is 70.5 cm³/mol. The van der Waals surface area contributed by atoms with E-state index in [-0.39, 0.29) is 11.7 Å². The third-order valence-corrected chi connectivity index (χ3v) is 3.74. The summed E-state index contributed by atoms with van der Waals surface area (Å²) in [4.78, 5) is 11.5. The predicted octanol–water partition coefficient (Wildman–Crippen LogP) is 2.23. The molecule has 0 amide bonds. The van der Waals surface area contributed by atoms with Gasteiger partial charge in [0.2, 0.25) is 0 Å². The van der Waals surface area contributed by atoms with Gasteiger partial charge >= 0.3 is 5.97 Å². The Hall–Kier alpha value is -1.20. The van der Waals surface area contributed by atoms with E-state index in [9.17, 15) is 9.00 Å². The molecule has 1 aromatic carbocycles. The molecule has 0 bridgehead atoms. The fraction of sp³-hybridized carbons (Fsp3) is 0.462. The zero-order valence-corrected chi connectivity index (χ0v) is 11.6. The van der Waals surface area contributed by atoms with Crippen LogP contribution in [0, 0.1) is 6.92 Å². The Morgan fingerprint density at radius 2 is 2.11 bits per heavy atom. The number of benzene rings is 1. The fourth-order valence-corrected chi connectivity index (χ4v) is 2.40. The molecule has 5 heteroatoms. The average Bonchev–Trinajstić information content (AvgIpc) is 2.28. The fourth-order valence-electron chi connectivity index (χ4n) is 1.45. The van der Waals surface area contributed by atoms with Crippen molar-refractivity contribution >= 4 is 16.8 Å². The molecule has 0 aliphatic carbocycles.